The maximum absolute atomic E-state index is 11.9. The van der Waals surface area contributed by atoms with Gasteiger partial charge in [0.05, 0.1) is 16.1 Å². The summed E-state index contributed by atoms with van der Waals surface area (Å²) in [4.78, 5) is 13.7. The smallest absolute Gasteiger partial charge is 0.261 e. The minimum absolute atomic E-state index is 0.00328. The van der Waals surface area contributed by atoms with Gasteiger partial charge < -0.3 is 9.84 Å². The quantitative estimate of drug-likeness (QED) is 0.851. The number of rotatable bonds is 5. The van der Waals surface area contributed by atoms with Gasteiger partial charge >= 0.3 is 0 Å². The Morgan fingerprint density at radius 3 is 2.84 bits per heavy atom. The molecule has 102 valence electrons. The van der Waals surface area contributed by atoms with Crippen molar-refractivity contribution in [3.05, 3.63) is 28.5 Å². The first-order chi connectivity index (χ1) is 9.13. The largest absolute Gasteiger partial charge is 0.361 e. The second kappa shape index (κ2) is 6.02. The Balaban J connectivity index is 2.13. The fraction of sp³-hybridized carbons (Fsp3) is 0.429. The highest BCUT2D eigenvalue weighted by molar-refractivity contribution is 7.17. The summed E-state index contributed by atoms with van der Waals surface area (Å²) in [6, 6.07) is 3.80. The Hall–Kier alpha value is -1.62. The van der Waals surface area contributed by atoms with Crippen molar-refractivity contribution in [1.82, 2.24) is 10.5 Å². The molecule has 19 heavy (non-hydrogen) atoms. The van der Waals surface area contributed by atoms with Crippen LogP contribution >= 0.6 is 11.3 Å². The molecule has 0 aliphatic carbocycles. The normalized spacial score (nSPS) is 10.7. The number of hydrogen-bond acceptors (Lipinski definition) is 4. The van der Waals surface area contributed by atoms with Gasteiger partial charge in [0, 0.05) is 11.4 Å². The lowest BCUT2D eigenvalue weighted by Crippen LogP contribution is -2.23. The number of unbranched alkanes of at least 4 members (excludes halogenated alkanes) is 1. The van der Waals surface area contributed by atoms with E-state index in [0.717, 1.165) is 46.2 Å². The molecule has 0 unspecified atom stereocenters. The topological polar surface area (TPSA) is 55.1 Å². The summed E-state index contributed by atoms with van der Waals surface area (Å²) in [6.07, 6.45) is 2.09. The van der Waals surface area contributed by atoms with Gasteiger partial charge in [0.15, 0.2) is 0 Å². The summed E-state index contributed by atoms with van der Waals surface area (Å²) in [5.41, 5.74) is 1.86. The SMILES string of the molecule is CCCCNC(=O)c1ccc(-c2c(C)noc2C)s1. The van der Waals surface area contributed by atoms with Crippen LogP contribution in [0.1, 0.15) is 40.9 Å². The van der Waals surface area contributed by atoms with Crippen LogP contribution in [0.2, 0.25) is 0 Å². The summed E-state index contributed by atoms with van der Waals surface area (Å²) in [5, 5.41) is 6.86. The standard InChI is InChI=1S/C14H18N2O2S/c1-4-5-8-15-14(17)12-7-6-11(19-12)13-9(2)16-18-10(13)3/h6-7H,4-5,8H2,1-3H3,(H,15,17). The van der Waals surface area contributed by atoms with E-state index in [1.807, 2.05) is 26.0 Å². The van der Waals surface area contributed by atoms with Crippen LogP contribution in [0.3, 0.4) is 0 Å². The third-order valence-corrected chi connectivity index (χ3v) is 4.03. The highest BCUT2D eigenvalue weighted by Crippen LogP contribution is 2.32. The minimum atomic E-state index is -0.00328. The molecule has 0 bridgehead atoms. The van der Waals surface area contributed by atoms with Gasteiger partial charge in [-0.2, -0.15) is 0 Å². The average Bonchev–Trinajstić information content (AvgIpc) is 2.97. The minimum Gasteiger partial charge on any atom is -0.361 e. The monoisotopic (exact) mass is 278 g/mol. The van der Waals surface area contributed by atoms with Gasteiger partial charge in [0.25, 0.3) is 5.91 Å². The Morgan fingerprint density at radius 2 is 2.21 bits per heavy atom. The van der Waals surface area contributed by atoms with Crippen molar-refractivity contribution in [3.8, 4) is 10.4 Å². The van der Waals surface area contributed by atoms with Gasteiger partial charge in [-0.3, -0.25) is 4.79 Å². The van der Waals surface area contributed by atoms with Gasteiger partial charge in [-0.25, -0.2) is 0 Å². The first-order valence-electron chi connectivity index (χ1n) is 6.44. The van der Waals surface area contributed by atoms with Crippen LogP contribution in [0.4, 0.5) is 0 Å². The summed E-state index contributed by atoms with van der Waals surface area (Å²) < 4.78 is 5.15. The van der Waals surface area contributed by atoms with Crippen LogP contribution in [0.15, 0.2) is 16.7 Å². The van der Waals surface area contributed by atoms with Crippen molar-refractivity contribution in [2.75, 3.05) is 6.54 Å². The van der Waals surface area contributed by atoms with Crippen molar-refractivity contribution >= 4 is 17.2 Å². The molecule has 0 saturated carbocycles. The van der Waals surface area contributed by atoms with E-state index in [2.05, 4.69) is 17.4 Å². The predicted octanol–water partition coefficient (Wildman–Crippen LogP) is 3.55. The summed E-state index contributed by atoms with van der Waals surface area (Å²) >= 11 is 1.47. The molecular formula is C14H18N2O2S. The maximum atomic E-state index is 11.9. The molecule has 2 rings (SSSR count). The van der Waals surface area contributed by atoms with E-state index in [0.29, 0.717) is 0 Å². The Morgan fingerprint density at radius 1 is 1.42 bits per heavy atom. The van der Waals surface area contributed by atoms with Crippen molar-refractivity contribution < 1.29 is 9.32 Å². The van der Waals surface area contributed by atoms with Gasteiger partial charge in [-0.05, 0) is 32.4 Å². The number of aromatic nitrogens is 1. The average molecular weight is 278 g/mol. The number of hydrogen-bond donors (Lipinski definition) is 1. The second-order valence-electron chi connectivity index (χ2n) is 4.47. The van der Waals surface area contributed by atoms with Gasteiger partial charge in [-0.1, -0.05) is 18.5 Å². The molecule has 2 heterocycles. The number of carbonyl (C=O) groups is 1. The highest BCUT2D eigenvalue weighted by atomic mass is 32.1. The fourth-order valence-electron chi connectivity index (χ4n) is 1.89. The Labute approximate surface area is 116 Å². The third-order valence-electron chi connectivity index (χ3n) is 2.93. The van der Waals surface area contributed by atoms with E-state index >= 15 is 0 Å². The molecule has 0 atom stereocenters. The molecule has 0 aliphatic heterocycles. The molecule has 0 spiro atoms. The summed E-state index contributed by atoms with van der Waals surface area (Å²) in [6.45, 7) is 6.63. The van der Waals surface area contributed by atoms with Gasteiger partial charge in [0.1, 0.15) is 5.76 Å². The van der Waals surface area contributed by atoms with Crippen LogP contribution in [0.25, 0.3) is 10.4 Å². The molecule has 1 N–H and O–H groups in total. The Bertz CT molecular complexity index is 552. The number of thiophene rings is 1. The number of amides is 1. The highest BCUT2D eigenvalue weighted by Gasteiger charge is 2.15. The molecular weight excluding hydrogens is 260 g/mol. The van der Waals surface area contributed by atoms with Crippen molar-refractivity contribution in [2.24, 2.45) is 0 Å². The molecule has 5 heteroatoms. The van der Waals surface area contributed by atoms with Crippen LogP contribution < -0.4 is 5.32 Å². The molecule has 2 aromatic heterocycles. The van der Waals surface area contributed by atoms with Crippen LogP contribution in [0.5, 0.6) is 0 Å². The fourth-order valence-corrected chi connectivity index (χ4v) is 2.96. The van der Waals surface area contributed by atoms with Crippen molar-refractivity contribution in [2.45, 2.75) is 33.6 Å². The van der Waals surface area contributed by atoms with E-state index < -0.39 is 0 Å². The van der Waals surface area contributed by atoms with E-state index in [1.165, 1.54) is 11.3 Å². The zero-order valence-electron chi connectivity index (χ0n) is 11.4. The predicted molar refractivity (Wildman–Crippen MR) is 76.5 cm³/mol. The number of nitrogens with zero attached hydrogens (tertiary/aromatic N) is 1. The van der Waals surface area contributed by atoms with Crippen LogP contribution in [-0.2, 0) is 0 Å². The van der Waals surface area contributed by atoms with Crippen LogP contribution in [-0.4, -0.2) is 17.6 Å². The lowest BCUT2D eigenvalue weighted by Gasteiger charge is -2.01. The number of aryl methyl sites for hydroxylation is 2. The van der Waals surface area contributed by atoms with E-state index in [4.69, 9.17) is 4.52 Å². The van der Waals surface area contributed by atoms with E-state index in [1.54, 1.807) is 0 Å². The maximum Gasteiger partial charge on any atom is 0.261 e. The summed E-state index contributed by atoms with van der Waals surface area (Å²) in [7, 11) is 0. The lowest BCUT2D eigenvalue weighted by molar-refractivity contribution is 0.0957. The molecule has 0 aromatic carbocycles. The van der Waals surface area contributed by atoms with Crippen molar-refractivity contribution in [3.63, 3.8) is 0 Å². The second-order valence-corrected chi connectivity index (χ2v) is 5.56. The molecule has 2 aromatic rings. The first kappa shape index (κ1) is 13.8. The summed E-state index contributed by atoms with van der Waals surface area (Å²) in [5.74, 6) is 0.786. The Kier molecular flexibility index (Phi) is 4.37. The molecule has 1 amide bonds. The molecule has 0 aliphatic rings. The molecule has 0 radical (unpaired) electrons. The van der Waals surface area contributed by atoms with Gasteiger partial charge in [-0.15, -0.1) is 11.3 Å². The van der Waals surface area contributed by atoms with Crippen LogP contribution in [0, 0.1) is 13.8 Å². The van der Waals surface area contributed by atoms with E-state index in [9.17, 15) is 4.79 Å². The van der Waals surface area contributed by atoms with Gasteiger partial charge in [0.2, 0.25) is 0 Å². The third kappa shape index (κ3) is 3.04. The number of carbonyl (C=O) groups excluding carboxylic acids is 1. The zero-order valence-corrected chi connectivity index (χ0v) is 12.3. The lowest BCUT2D eigenvalue weighted by atomic mass is 10.2. The first-order valence-corrected chi connectivity index (χ1v) is 7.26. The molecule has 0 fully saturated rings. The zero-order chi connectivity index (χ0) is 13.8. The number of nitrogens with one attached hydrogen (secondary N) is 1. The molecule has 4 nitrogen and oxygen atoms in total. The van der Waals surface area contributed by atoms with E-state index in [-0.39, 0.29) is 5.91 Å². The van der Waals surface area contributed by atoms with Crippen molar-refractivity contribution in [1.29, 1.82) is 0 Å². The molecule has 0 saturated heterocycles.